The van der Waals surface area contributed by atoms with Gasteiger partial charge in [-0.2, -0.15) is 0 Å². The molecule has 0 heterocycles. The molecular formula is HI52-. The molecule has 0 aromatic rings. The van der Waals surface area contributed by atoms with Crippen LogP contribution in [-0.4, -0.2) is 0.594 Å². The molecule has 0 aliphatic rings. The molecule has 0 bridgehead atoms. The zero-order chi connectivity index (χ0) is 42.1. The molecule has 0 amide bonds. The summed E-state index contributed by atoms with van der Waals surface area (Å²) in [5.74, 6) is 0. The van der Waals surface area contributed by atoms with E-state index in [0.717, 1.165) is 0 Å². The summed E-state index contributed by atoms with van der Waals surface area (Å²) in [6, 6.07) is 0. The van der Waals surface area contributed by atoms with Crippen molar-refractivity contribution in [1.82, 2.24) is 0 Å². The van der Waals surface area contributed by atoms with Crippen molar-refractivity contribution < 1.29 is 18.4 Å². The summed E-state index contributed by atoms with van der Waals surface area (Å²) in [5.41, 5.74) is 0. The maximum atomic E-state index is 8.24. The summed E-state index contributed by atoms with van der Waals surface area (Å²) in [6.07, 6.45) is 0. The molecule has 0 unspecified atom stereocenters. The minimum absolute atomic E-state index is 0.0920. The Labute approximate surface area is 659 Å². The van der Waals surface area contributed by atoms with Crippen molar-refractivity contribution in [2.45, 2.75) is 0 Å². The van der Waals surface area contributed by atoms with Gasteiger partial charge in [0.25, 0.3) is 0 Å². The Morgan fingerprint density at radius 3 is 0.423 bits per heavy atom. The second-order valence-electron chi connectivity index (χ2n) is 4.05. The predicted octanol–water partition coefficient (Wildman–Crippen LogP) is 41.9. The van der Waals surface area contributed by atoms with E-state index in [2.05, 4.69) is 484 Å². The van der Waals surface area contributed by atoms with Crippen molar-refractivity contribution in [1.29, 1.82) is 0.594 Å². The molecule has 366 valence electrons. The van der Waals surface area contributed by atoms with E-state index in [1.165, 1.54) is 0 Å². The topological polar surface area (TPSA) is 0 Å². The first-order valence-electron chi connectivity index (χ1n) is 7.66. The molecule has 52 heavy (non-hydrogen) atoms. The molecular weight excluding hydrogens is 6600 g/mol. The SMILES string of the molecule is [2H][I-]I(I)I(I)I(I)I(I)I(I)I(I)I(I)I(I)I(I)I(I)I(I)I(I)I(I)I(I)I(I)I(I)I(I)I(I)I(I)I(I)I(I)I(I)I(I)I(I)I(I)I. The quantitative estimate of drug-likeness (QED) is 0.0799. The van der Waals surface area contributed by atoms with E-state index in [-0.39, 0.29) is 18.4 Å². The Hall–Kier alpha value is 38.0. The number of rotatable bonds is 25. The van der Waals surface area contributed by atoms with Gasteiger partial charge in [-0.1, -0.05) is 0 Å². The van der Waals surface area contributed by atoms with Crippen LogP contribution >= 0.6 is 681 Å². The van der Waals surface area contributed by atoms with Crippen LogP contribution in [0.3, 0.4) is 0 Å². The van der Waals surface area contributed by atoms with Crippen molar-refractivity contribution in [2.75, 3.05) is 0 Å². The minimum atomic E-state index is -0.719. The van der Waals surface area contributed by atoms with Crippen LogP contribution in [0.4, 0.5) is 0 Å². The van der Waals surface area contributed by atoms with Gasteiger partial charge in [-0.25, -0.2) is 0 Å². The van der Waals surface area contributed by atoms with E-state index < -0.39 is 197 Å². The fraction of sp³-hybridized carbons (Fsp3) is 0. The number of halogens is 52. The van der Waals surface area contributed by atoms with Crippen LogP contribution in [0.5, 0.6) is 0 Å². The average Bonchev–Trinajstić information content (AvgIpc) is 3.16. The first-order chi connectivity index (χ1) is 24.1. The first kappa shape index (κ1) is 88.0. The third-order valence-electron chi connectivity index (χ3n) is 1.96. The van der Waals surface area contributed by atoms with Crippen LogP contribution in [0.25, 0.3) is 0 Å². The van der Waals surface area contributed by atoms with Crippen molar-refractivity contribution in [3.05, 3.63) is 0 Å². The molecule has 0 spiro atoms. The molecule has 0 rings (SSSR count). The van der Waals surface area contributed by atoms with Gasteiger partial charge in [0.05, 0.1) is 0 Å². The summed E-state index contributed by atoms with van der Waals surface area (Å²) in [7, 11) is -14.4. The Bertz CT molecular complexity index is 955. The van der Waals surface area contributed by atoms with E-state index in [9.17, 15) is 0 Å². The molecule has 0 saturated carbocycles. The van der Waals surface area contributed by atoms with Crippen molar-refractivity contribution in [3.63, 3.8) is 0 Å². The molecule has 0 aromatic carbocycles. The van der Waals surface area contributed by atoms with E-state index in [4.69, 9.17) is 0.594 Å². The Balaban J connectivity index is 5.59. The normalized spacial score (nSPS) is 19.2. The third kappa shape index (κ3) is 37.1. The van der Waals surface area contributed by atoms with Gasteiger partial charge in [0.15, 0.2) is 0 Å². The third-order valence-corrected chi connectivity index (χ3v) is 3970. The number of hydrogen-bond acceptors (Lipinski definition) is 0. The average molecular weight is 6600 g/mol. The van der Waals surface area contributed by atoms with E-state index in [1.807, 2.05) is 0 Å². The van der Waals surface area contributed by atoms with E-state index in [0.29, 0.717) is 0 Å². The fourth-order valence-electron chi connectivity index (χ4n) is 0.710. The van der Waals surface area contributed by atoms with Crippen LogP contribution in [-0.2, 0) is 0 Å². The van der Waals surface area contributed by atoms with Gasteiger partial charge < -0.3 is 0 Å². The Kier molecular flexibility index (Phi) is 91.3. The molecule has 0 aliphatic heterocycles. The second kappa shape index (κ2) is 53.9. The van der Waals surface area contributed by atoms with Gasteiger partial charge in [0, 0.05) is 0 Å². The standard InChI is InChI=1S/HI52/c1-28(2)30(5)32(7)34(9)36(11)38(13)40(15)42(17)44(19)46(21)48(23)50(25)52(27)51(26)49(24)47(22)45(20)43(18)41(16)39(14)37(12)35(10)33(8)31(6)29(3)4/h1H/q-1/i1D. The van der Waals surface area contributed by atoms with Gasteiger partial charge in [0.2, 0.25) is 0 Å². The second-order valence-corrected chi connectivity index (χ2v) is 1220. The number of hydrogen-bond donors (Lipinski definition) is 0. The molecule has 0 radical (unpaired) electrons. The molecule has 52 heteroatoms. The monoisotopic (exact) mass is 6600 g/mol. The molecule has 0 fully saturated rings. The van der Waals surface area contributed by atoms with Gasteiger partial charge >= 0.3 is 700 Å². The Morgan fingerprint density at radius 2 is 0.308 bits per heavy atom. The molecule has 0 aromatic heterocycles. The van der Waals surface area contributed by atoms with Crippen molar-refractivity contribution >= 4 is 681 Å². The molecule has 0 N–H and O–H groups in total. The summed E-state index contributed by atoms with van der Waals surface area (Å²) in [5, 5.41) is 0. The van der Waals surface area contributed by atoms with Gasteiger partial charge in [-0.15, -0.1) is 0 Å². The first-order valence-corrected chi connectivity index (χ1v) is 328. The molecule has 0 atom stereocenters. The van der Waals surface area contributed by atoms with E-state index in [1.54, 1.807) is 0 Å². The summed E-state index contributed by atoms with van der Waals surface area (Å²) >= 11 is 85.0. The fourth-order valence-corrected chi connectivity index (χ4v) is 9640. The van der Waals surface area contributed by atoms with Crippen molar-refractivity contribution in [3.8, 4) is 0 Å². The molecule has 0 saturated heterocycles. The van der Waals surface area contributed by atoms with Crippen LogP contribution in [0.15, 0.2) is 0 Å². The summed E-state index contributed by atoms with van der Waals surface area (Å²) in [4.78, 5) is 0. The predicted molar refractivity (Wildman–Crippen MR) is 716 cm³/mol. The van der Waals surface area contributed by atoms with Crippen LogP contribution in [0.2, 0.25) is 0 Å². The van der Waals surface area contributed by atoms with Crippen LogP contribution in [0.1, 0.15) is 0 Å². The van der Waals surface area contributed by atoms with Gasteiger partial charge in [0.1, 0.15) is 0 Å². The zero-order valence-electron chi connectivity index (χ0n) is 20.7. The van der Waals surface area contributed by atoms with Crippen molar-refractivity contribution in [2.24, 2.45) is 0 Å². The summed E-state index contributed by atoms with van der Waals surface area (Å²) < 4.78 is 8.24. The van der Waals surface area contributed by atoms with Gasteiger partial charge in [-0.3, -0.25) is 0 Å². The van der Waals surface area contributed by atoms with Crippen LogP contribution < -0.4 is 18.4 Å². The van der Waals surface area contributed by atoms with E-state index >= 15 is 0 Å². The molecule has 0 aliphatic carbocycles. The Morgan fingerprint density at radius 1 is 0.192 bits per heavy atom. The maximum absolute atomic E-state index is 8.24. The zero-order valence-corrected chi connectivity index (χ0v) is 132. The summed E-state index contributed by atoms with van der Waals surface area (Å²) in [6.45, 7) is 0. The van der Waals surface area contributed by atoms with Gasteiger partial charge in [-0.05, 0) is 0 Å². The molecule has 0 nitrogen and oxygen atoms in total. The van der Waals surface area contributed by atoms with Crippen LogP contribution in [0, 0.1) is 0 Å².